The van der Waals surface area contributed by atoms with Crippen LogP contribution in [0.25, 0.3) is 0 Å². The van der Waals surface area contributed by atoms with Gasteiger partial charge in [0.15, 0.2) is 0 Å². The highest BCUT2D eigenvalue weighted by Gasteiger charge is 2.26. The van der Waals surface area contributed by atoms with Crippen molar-refractivity contribution in [3.05, 3.63) is 48.0 Å². The molecule has 0 aliphatic rings. The zero-order chi connectivity index (χ0) is 18.1. The van der Waals surface area contributed by atoms with Gasteiger partial charge in [0.1, 0.15) is 12.1 Å². The third-order valence-corrected chi connectivity index (χ3v) is 3.33. The summed E-state index contributed by atoms with van der Waals surface area (Å²) in [7, 11) is 1.26. The molecule has 0 bridgehead atoms. The lowest BCUT2D eigenvalue weighted by Gasteiger charge is -2.22. The number of carbonyl (C=O) groups excluding carboxylic acids is 3. The SMILES string of the molecule is C=C(C)C[C@H](NC(=O)[C@@H](Cc1ccccc1)NC(C)=O)C(=O)OC. The molecule has 2 amide bonds. The van der Waals surface area contributed by atoms with E-state index in [1.807, 2.05) is 30.3 Å². The third-order valence-electron chi connectivity index (χ3n) is 3.33. The second kappa shape index (κ2) is 9.50. The maximum atomic E-state index is 12.5. The van der Waals surface area contributed by atoms with Crippen molar-refractivity contribution in [3.8, 4) is 0 Å². The highest BCUT2D eigenvalue weighted by atomic mass is 16.5. The minimum atomic E-state index is -0.827. The number of ether oxygens (including phenoxy) is 1. The number of carbonyl (C=O) groups is 3. The van der Waals surface area contributed by atoms with Crippen molar-refractivity contribution in [2.45, 2.75) is 38.8 Å². The Balaban J connectivity index is 2.87. The second-order valence-electron chi connectivity index (χ2n) is 5.69. The van der Waals surface area contributed by atoms with E-state index in [9.17, 15) is 14.4 Å². The van der Waals surface area contributed by atoms with Gasteiger partial charge in [-0.1, -0.05) is 35.9 Å². The molecule has 0 radical (unpaired) electrons. The van der Waals surface area contributed by atoms with Gasteiger partial charge in [-0.15, -0.1) is 6.58 Å². The molecule has 0 aliphatic heterocycles. The first-order valence-corrected chi connectivity index (χ1v) is 7.67. The summed E-state index contributed by atoms with van der Waals surface area (Å²) in [6.45, 7) is 6.86. The van der Waals surface area contributed by atoms with Gasteiger partial charge in [0.25, 0.3) is 0 Å². The van der Waals surface area contributed by atoms with Crippen LogP contribution in [0, 0.1) is 0 Å². The van der Waals surface area contributed by atoms with Gasteiger partial charge < -0.3 is 15.4 Å². The van der Waals surface area contributed by atoms with Crippen LogP contribution < -0.4 is 10.6 Å². The zero-order valence-electron chi connectivity index (χ0n) is 14.3. The van der Waals surface area contributed by atoms with E-state index in [1.54, 1.807) is 6.92 Å². The van der Waals surface area contributed by atoms with E-state index in [2.05, 4.69) is 17.2 Å². The largest absolute Gasteiger partial charge is 0.467 e. The smallest absolute Gasteiger partial charge is 0.328 e. The van der Waals surface area contributed by atoms with Gasteiger partial charge in [-0.3, -0.25) is 9.59 Å². The molecule has 0 heterocycles. The first kappa shape index (κ1) is 19.4. The predicted octanol–water partition coefficient (Wildman–Crippen LogP) is 1.36. The van der Waals surface area contributed by atoms with Crippen LogP contribution in [-0.2, 0) is 25.5 Å². The first-order chi connectivity index (χ1) is 11.3. The molecule has 0 saturated carbocycles. The minimum Gasteiger partial charge on any atom is -0.467 e. The Labute approximate surface area is 142 Å². The molecule has 6 heteroatoms. The molecule has 2 N–H and O–H groups in total. The van der Waals surface area contributed by atoms with Gasteiger partial charge in [0, 0.05) is 13.3 Å². The average Bonchev–Trinajstić information content (AvgIpc) is 2.53. The fourth-order valence-corrected chi connectivity index (χ4v) is 2.26. The lowest BCUT2D eigenvalue weighted by Crippen LogP contribution is -2.52. The van der Waals surface area contributed by atoms with E-state index in [-0.39, 0.29) is 12.3 Å². The van der Waals surface area contributed by atoms with E-state index >= 15 is 0 Å². The monoisotopic (exact) mass is 332 g/mol. The predicted molar refractivity (Wildman–Crippen MR) is 91.1 cm³/mol. The topological polar surface area (TPSA) is 84.5 Å². The van der Waals surface area contributed by atoms with Gasteiger partial charge in [0.05, 0.1) is 7.11 Å². The summed E-state index contributed by atoms with van der Waals surface area (Å²) in [6, 6.07) is 7.72. The Morgan fingerprint density at radius 2 is 1.71 bits per heavy atom. The Morgan fingerprint density at radius 1 is 1.08 bits per heavy atom. The Hall–Kier alpha value is -2.63. The summed E-state index contributed by atoms with van der Waals surface area (Å²) in [5.74, 6) is -1.31. The molecule has 6 nitrogen and oxygen atoms in total. The van der Waals surface area contributed by atoms with Gasteiger partial charge in [-0.2, -0.15) is 0 Å². The van der Waals surface area contributed by atoms with E-state index < -0.39 is 24.0 Å². The van der Waals surface area contributed by atoms with Crippen LogP contribution in [0.3, 0.4) is 0 Å². The average molecular weight is 332 g/mol. The molecule has 0 saturated heterocycles. The standard InChI is InChI=1S/C18H24N2O4/c1-12(2)10-16(18(23)24-4)20-17(22)15(19-13(3)21)11-14-8-6-5-7-9-14/h5-9,15-16H,1,10-11H2,2-4H3,(H,19,21)(H,20,22)/t15-,16+/m1/s1. The zero-order valence-corrected chi connectivity index (χ0v) is 14.3. The molecule has 1 rings (SSSR count). The van der Waals surface area contributed by atoms with Gasteiger partial charge >= 0.3 is 5.97 Å². The lowest BCUT2D eigenvalue weighted by molar-refractivity contribution is -0.145. The quantitative estimate of drug-likeness (QED) is 0.556. The second-order valence-corrected chi connectivity index (χ2v) is 5.69. The number of benzene rings is 1. The molecule has 1 aromatic carbocycles. The molecular weight excluding hydrogens is 308 g/mol. The van der Waals surface area contributed by atoms with Crippen LogP contribution in [-0.4, -0.2) is 37.0 Å². The summed E-state index contributed by atoms with van der Waals surface area (Å²) in [5.41, 5.74) is 1.64. The van der Waals surface area contributed by atoms with Crippen LogP contribution in [0.5, 0.6) is 0 Å². The van der Waals surface area contributed by atoms with Crippen molar-refractivity contribution >= 4 is 17.8 Å². The number of rotatable bonds is 8. The number of hydrogen-bond donors (Lipinski definition) is 2. The maximum Gasteiger partial charge on any atom is 0.328 e. The van der Waals surface area contributed by atoms with E-state index in [0.717, 1.165) is 11.1 Å². The highest BCUT2D eigenvalue weighted by Crippen LogP contribution is 2.07. The fourth-order valence-electron chi connectivity index (χ4n) is 2.26. The van der Waals surface area contributed by atoms with Crippen molar-refractivity contribution in [1.29, 1.82) is 0 Å². The lowest BCUT2D eigenvalue weighted by atomic mass is 10.0. The van der Waals surface area contributed by atoms with Crippen molar-refractivity contribution in [2.24, 2.45) is 0 Å². The highest BCUT2D eigenvalue weighted by molar-refractivity contribution is 5.90. The Morgan fingerprint density at radius 3 is 2.21 bits per heavy atom. The number of nitrogens with one attached hydrogen (secondary N) is 2. The first-order valence-electron chi connectivity index (χ1n) is 7.67. The number of hydrogen-bond acceptors (Lipinski definition) is 4. The molecular formula is C18H24N2O4. The maximum absolute atomic E-state index is 12.5. The van der Waals surface area contributed by atoms with Crippen LogP contribution in [0.15, 0.2) is 42.5 Å². The number of methoxy groups -OCH3 is 1. The summed E-state index contributed by atoms with van der Waals surface area (Å²) >= 11 is 0. The van der Waals surface area contributed by atoms with Crippen molar-refractivity contribution < 1.29 is 19.1 Å². The molecule has 130 valence electrons. The Kier molecular flexibility index (Phi) is 7.68. The Bertz CT molecular complexity index is 598. The van der Waals surface area contributed by atoms with E-state index in [0.29, 0.717) is 6.42 Å². The molecule has 1 aromatic rings. The van der Waals surface area contributed by atoms with Crippen LogP contribution in [0.2, 0.25) is 0 Å². The molecule has 0 aromatic heterocycles. The molecule has 24 heavy (non-hydrogen) atoms. The number of esters is 1. The normalized spacial score (nSPS) is 12.6. The molecule has 0 fully saturated rings. The van der Waals surface area contributed by atoms with E-state index in [4.69, 9.17) is 4.74 Å². The third kappa shape index (κ3) is 6.64. The summed E-state index contributed by atoms with van der Waals surface area (Å²) in [4.78, 5) is 35.8. The molecule has 2 atom stereocenters. The molecule has 0 spiro atoms. The minimum absolute atomic E-state index is 0.274. The summed E-state index contributed by atoms with van der Waals surface area (Å²) in [5, 5.41) is 5.25. The summed E-state index contributed by atoms with van der Waals surface area (Å²) in [6.07, 6.45) is 0.601. The summed E-state index contributed by atoms with van der Waals surface area (Å²) < 4.78 is 4.71. The van der Waals surface area contributed by atoms with Crippen molar-refractivity contribution in [3.63, 3.8) is 0 Å². The van der Waals surface area contributed by atoms with Gasteiger partial charge in [-0.25, -0.2) is 4.79 Å². The van der Waals surface area contributed by atoms with E-state index in [1.165, 1.54) is 14.0 Å². The van der Waals surface area contributed by atoms with Crippen LogP contribution in [0.4, 0.5) is 0 Å². The molecule has 0 aliphatic carbocycles. The van der Waals surface area contributed by atoms with Crippen LogP contribution >= 0.6 is 0 Å². The van der Waals surface area contributed by atoms with Crippen LogP contribution in [0.1, 0.15) is 25.8 Å². The molecule has 0 unspecified atom stereocenters. The number of amides is 2. The van der Waals surface area contributed by atoms with Gasteiger partial charge in [0.2, 0.25) is 11.8 Å². The van der Waals surface area contributed by atoms with Crippen molar-refractivity contribution in [1.82, 2.24) is 10.6 Å². The fraction of sp³-hybridized carbons (Fsp3) is 0.389. The van der Waals surface area contributed by atoms with Gasteiger partial charge in [-0.05, 0) is 18.9 Å². The van der Waals surface area contributed by atoms with Crippen molar-refractivity contribution in [2.75, 3.05) is 7.11 Å².